The third-order valence-corrected chi connectivity index (χ3v) is 5.59. The van der Waals surface area contributed by atoms with E-state index in [2.05, 4.69) is 10.3 Å². The molecule has 0 atom stereocenters. The Labute approximate surface area is 200 Å². The molecule has 3 aromatic carbocycles. The molecule has 0 saturated carbocycles. The predicted molar refractivity (Wildman–Crippen MR) is 121 cm³/mol. The van der Waals surface area contributed by atoms with Crippen molar-refractivity contribution in [1.82, 2.24) is 9.55 Å². The lowest BCUT2D eigenvalue weighted by atomic mass is 10.2. The summed E-state index contributed by atoms with van der Waals surface area (Å²) in [6.07, 6.45) is -4.71. The molecule has 0 radical (unpaired) electrons. The molecule has 0 aliphatic rings. The van der Waals surface area contributed by atoms with Crippen molar-refractivity contribution in [3.63, 3.8) is 0 Å². The molecule has 5 nitrogen and oxygen atoms in total. The first-order valence-electron chi connectivity index (χ1n) is 9.34. The van der Waals surface area contributed by atoms with Gasteiger partial charge in [0, 0.05) is 16.4 Å². The van der Waals surface area contributed by atoms with Crippen LogP contribution < -0.4 is 5.32 Å². The Morgan fingerprint density at radius 1 is 1.00 bits per heavy atom. The summed E-state index contributed by atoms with van der Waals surface area (Å²) in [4.78, 5) is 16.3. The van der Waals surface area contributed by atoms with E-state index in [1.54, 1.807) is 0 Å². The van der Waals surface area contributed by atoms with Crippen molar-refractivity contribution in [2.24, 2.45) is 0 Å². The minimum atomic E-state index is -4.71. The van der Waals surface area contributed by atoms with Crippen LogP contribution >= 0.6 is 34.8 Å². The van der Waals surface area contributed by atoms with Crippen LogP contribution in [0, 0.1) is 0 Å². The van der Waals surface area contributed by atoms with Crippen molar-refractivity contribution in [3.05, 3.63) is 86.6 Å². The number of aromatic nitrogens is 2. The molecule has 2 N–H and O–H groups in total. The number of hydrogen-bond acceptors (Lipinski definition) is 3. The lowest BCUT2D eigenvalue weighted by Crippen LogP contribution is -2.14. The number of nitrogens with zero attached hydrogens (tertiary/aromatic N) is 2. The zero-order valence-electron chi connectivity index (χ0n) is 16.4. The Hall–Kier alpha value is -2.78. The number of halogens is 6. The van der Waals surface area contributed by atoms with Gasteiger partial charge in [0.05, 0.1) is 33.2 Å². The number of aliphatic hydroxyl groups is 1. The number of nitrogens with one attached hydrogen (secondary N) is 1. The van der Waals surface area contributed by atoms with Crippen molar-refractivity contribution >= 4 is 57.4 Å². The zero-order valence-corrected chi connectivity index (χ0v) is 18.7. The molecule has 170 valence electrons. The lowest BCUT2D eigenvalue weighted by molar-refractivity contribution is -0.145. The molecule has 0 saturated heterocycles. The van der Waals surface area contributed by atoms with Crippen molar-refractivity contribution in [2.75, 3.05) is 5.32 Å². The van der Waals surface area contributed by atoms with Gasteiger partial charge in [0.15, 0.2) is 0 Å². The molecule has 11 heteroatoms. The number of amides is 1. The lowest BCUT2D eigenvalue weighted by Gasteiger charge is -2.13. The first-order valence-corrected chi connectivity index (χ1v) is 10.5. The Morgan fingerprint density at radius 3 is 2.21 bits per heavy atom. The molecule has 0 aliphatic heterocycles. The van der Waals surface area contributed by atoms with Crippen LogP contribution in [0.1, 0.15) is 21.7 Å². The smallest absolute Gasteiger partial charge is 0.392 e. The van der Waals surface area contributed by atoms with Crippen molar-refractivity contribution in [3.8, 4) is 5.69 Å². The van der Waals surface area contributed by atoms with Gasteiger partial charge in [0.25, 0.3) is 5.91 Å². The van der Waals surface area contributed by atoms with Gasteiger partial charge < -0.3 is 10.4 Å². The molecule has 0 unspecified atom stereocenters. The second-order valence-electron chi connectivity index (χ2n) is 7.00. The summed E-state index contributed by atoms with van der Waals surface area (Å²) in [5.41, 5.74) is 1.27. The van der Waals surface area contributed by atoms with Crippen molar-refractivity contribution in [2.45, 2.75) is 12.8 Å². The number of benzene rings is 3. The fourth-order valence-electron chi connectivity index (χ4n) is 3.32. The summed E-state index contributed by atoms with van der Waals surface area (Å²) in [5, 5.41) is 12.3. The second kappa shape index (κ2) is 8.87. The van der Waals surface area contributed by atoms with E-state index in [1.807, 2.05) is 0 Å². The van der Waals surface area contributed by atoms with Gasteiger partial charge in [0.1, 0.15) is 0 Å². The van der Waals surface area contributed by atoms with Crippen LogP contribution in [0.5, 0.6) is 0 Å². The number of rotatable bonds is 4. The van der Waals surface area contributed by atoms with Gasteiger partial charge in [-0.3, -0.25) is 9.36 Å². The number of carbonyl (C=O) groups excluding carboxylic acids is 1. The average Bonchev–Trinajstić information content (AvgIpc) is 3.12. The van der Waals surface area contributed by atoms with Gasteiger partial charge in [-0.05, 0) is 54.1 Å². The van der Waals surface area contributed by atoms with Gasteiger partial charge in [-0.15, -0.1) is 0 Å². The van der Waals surface area contributed by atoms with Gasteiger partial charge in [-0.25, -0.2) is 4.98 Å². The quantitative estimate of drug-likeness (QED) is 0.317. The number of hydrogen-bond donors (Lipinski definition) is 2. The monoisotopic (exact) mass is 513 g/mol. The Kier molecular flexibility index (Phi) is 6.28. The van der Waals surface area contributed by atoms with E-state index in [0.29, 0.717) is 11.3 Å². The first-order chi connectivity index (χ1) is 15.6. The topological polar surface area (TPSA) is 67.2 Å². The highest BCUT2D eigenvalue weighted by atomic mass is 35.5. The molecule has 33 heavy (non-hydrogen) atoms. The third-order valence-electron chi connectivity index (χ3n) is 4.77. The number of imidazole rings is 1. The van der Waals surface area contributed by atoms with Crippen LogP contribution in [-0.2, 0) is 12.8 Å². The SMILES string of the molecule is O=C(Nc1ccc(-n2c(C(F)(F)F)nc3cc(CO)ccc32)cc1)c1c(Cl)cc(Cl)cc1Cl. The predicted octanol–water partition coefficient (Wildman–Crippen LogP) is 6.75. The molecule has 0 fully saturated rings. The number of alkyl halides is 3. The fraction of sp³-hybridized carbons (Fsp3) is 0.0909. The number of fused-ring (bicyclic) bond motifs is 1. The Morgan fingerprint density at radius 2 is 1.64 bits per heavy atom. The normalized spacial score (nSPS) is 11.7. The zero-order chi connectivity index (χ0) is 23.9. The van der Waals surface area contributed by atoms with Gasteiger partial charge in [-0.2, -0.15) is 13.2 Å². The summed E-state index contributed by atoms with van der Waals surface area (Å²) in [6.45, 7) is -0.319. The summed E-state index contributed by atoms with van der Waals surface area (Å²) < 4.78 is 42.0. The highest BCUT2D eigenvalue weighted by molar-refractivity contribution is 6.42. The van der Waals surface area contributed by atoms with E-state index in [1.165, 1.54) is 54.6 Å². The van der Waals surface area contributed by atoms with E-state index in [0.717, 1.165) is 4.57 Å². The summed E-state index contributed by atoms with van der Waals surface area (Å²) in [7, 11) is 0. The standard InChI is InChI=1S/C22H13Cl3F3N3O2/c23-12-8-15(24)19(16(25)9-12)20(33)29-13-2-4-14(5-3-13)31-18-6-1-11(10-32)7-17(18)30-21(31)22(26,27)28/h1-9,32H,10H2,(H,29,33). The summed E-state index contributed by atoms with van der Waals surface area (Å²) in [6, 6.07) is 12.8. The minimum absolute atomic E-state index is 0.0199. The van der Waals surface area contributed by atoms with Crippen LogP contribution in [0.3, 0.4) is 0 Å². The largest absolute Gasteiger partial charge is 0.450 e. The maximum atomic E-state index is 13.7. The molecule has 0 spiro atoms. The minimum Gasteiger partial charge on any atom is -0.392 e. The summed E-state index contributed by atoms with van der Waals surface area (Å²) >= 11 is 18.0. The highest BCUT2D eigenvalue weighted by Crippen LogP contribution is 2.35. The molecule has 1 aromatic heterocycles. The van der Waals surface area contributed by atoms with Crippen LogP contribution in [0.15, 0.2) is 54.6 Å². The molecular formula is C22H13Cl3F3N3O2. The molecule has 1 amide bonds. The molecule has 4 aromatic rings. The second-order valence-corrected chi connectivity index (χ2v) is 8.25. The van der Waals surface area contributed by atoms with E-state index >= 15 is 0 Å². The van der Waals surface area contributed by atoms with Crippen molar-refractivity contribution < 1.29 is 23.1 Å². The van der Waals surface area contributed by atoms with Gasteiger partial charge in [-0.1, -0.05) is 40.9 Å². The van der Waals surface area contributed by atoms with Crippen LogP contribution in [0.25, 0.3) is 16.7 Å². The van der Waals surface area contributed by atoms with E-state index < -0.39 is 17.9 Å². The van der Waals surface area contributed by atoms with Crippen LogP contribution in [0.2, 0.25) is 15.1 Å². The molecule has 0 aliphatic carbocycles. The molecule has 0 bridgehead atoms. The van der Waals surface area contributed by atoms with E-state index in [9.17, 15) is 23.1 Å². The average molecular weight is 515 g/mol. The maximum absolute atomic E-state index is 13.7. The molecule has 4 rings (SSSR count). The Balaban J connectivity index is 1.70. The van der Waals surface area contributed by atoms with Gasteiger partial charge >= 0.3 is 6.18 Å². The van der Waals surface area contributed by atoms with Crippen molar-refractivity contribution in [1.29, 1.82) is 0 Å². The van der Waals surface area contributed by atoms with Gasteiger partial charge in [0.2, 0.25) is 5.82 Å². The number of anilines is 1. The maximum Gasteiger partial charge on any atom is 0.450 e. The third kappa shape index (κ3) is 4.65. The Bertz CT molecular complexity index is 1350. The summed E-state index contributed by atoms with van der Waals surface area (Å²) in [5.74, 6) is -1.71. The van der Waals surface area contributed by atoms with Crippen LogP contribution in [0.4, 0.5) is 18.9 Å². The number of aliphatic hydroxyl groups excluding tert-OH is 1. The first kappa shape index (κ1) is 23.4. The highest BCUT2D eigenvalue weighted by Gasteiger charge is 2.38. The molecule has 1 heterocycles. The van der Waals surface area contributed by atoms with E-state index in [-0.39, 0.29) is 44.0 Å². The number of carbonyl (C=O) groups is 1. The molecular weight excluding hydrogens is 502 g/mol. The fourth-order valence-corrected chi connectivity index (χ4v) is 4.31. The van der Waals surface area contributed by atoms with E-state index in [4.69, 9.17) is 34.8 Å². The van der Waals surface area contributed by atoms with Crippen LogP contribution in [-0.4, -0.2) is 20.6 Å².